The first-order chi connectivity index (χ1) is 7.77. The van der Waals surface area contributed by atoms with E-state index in [1.165, 1.54) is 22.3 Å². The summed E-state index contributed by atoms with van der Waals surface area (Å²) >= 11 is 1.81. The summed E-state index contributed by atoms with van der Waals surface area (Å²) in [4.78, 5) is 0. The second-order valence-electron chi connectivity index (χ2n) is 5.84. The summed E-state index contributed by atoms with van der Waals surface area (Å²) in [7, 11) is 0. The Morgan fingerprint density at radius 3 is 2.00 bits per heavy atom. The van der Waals surface area contributed by atoms with E-state index in [0.717, 1.165) is 5.75 Å². The molecule has 0 aliphatic heterocycles. The summed E-state index contributed by atoms with van der Waals surface area (Å²) in [6.45, 7) is 11.1. The zero-order chi connectivity index (χ0) is 13.2. The minimum absolute atomic E-state index is 0.152. The zero-order valence-electron chi connectivity index (χ0n) is 11.9. The Hall–Kier alpha value is -0.470. The van der Waals surface area contributed by atoms with Crippen LogP contribution >= 0.6 is 11.8 Å². The van der Waals surface area contributed by atoms with Crippen molar-refractivity contribution in [2.75, 3.05) is 12.0 Å². The van der Waals surface area contributed by atoms with Gasteiger partial charge in [0.1, 0.15) is 0 Å². The fourth-order valence-corrected chi connectivity index (χ4v) is 2.78. The van der Waals surface area contributed by atoms with Crippen molar-refractivity contribution in [2.45, 2.75) is 46.1 Å². The first-order valence-electron chi connectivity index (χ1n) is 6.13. The van der Waals surface area contributed by atoms with Gasteiger partial charge in [0, 0.05) is 11.8 Å². The summed E-state index contributed by atoms with van der Waals surface area (Å²) in [5.74, 6) is 0.983. The van der Waals surface area contributed by atoms with Crippen molar-refractivity contribution >= 4 is 11.8 Å². The molecule has 0 spiro atoms. The first kappa shape index (κ1) is 14.6. The highest BCUT2D eigenvalue weighted by Gasteiger charge is 2.18. The maximum absolute atomic E-state index is 6.25. The molecule has 1 nitrogen and oxygen atoms in total. The van der Waals surface area contributed by atoms with E-state index in [4.69, 9.17) is 5.73 Å². The molecule has 1 atom stereocenters. The quantitative estimate of drug-likeness (QED) is 0.880. The smallest absolute Gasteiger partial charge is 0.0391 e. The predicted molar refractivity (Wildman–Crippen MR) is 79.9 cm³/mol. The Morgan fingerprint density at radius 1 is 1.18 bits per heavy atom. The maximum atomic E-state index is 6.25. The summed E-state index contributed by atoms with van der Waals surface area (Å²) in [5, 5.41) is 0. The average Bonchev–Trinajstić information content (AvgIpc) is 2.15. The van der Waals surface area contributed by atoms with Crippen LogP contribution < -0.4 is 5.73 Å². The normalized spacial score (nSPS) is 13.8. The first-order valence-corrected chi connectivity index (χ1v) is 7.53. The molecular weight excluding hydrogens is 226 g/mol. The van der Waals surface area contributed by atoms with E-state index in [9.17, 15) is 0 Å². The summed E-state index contributed by atoms with van der Waals surface area (Å²) < 4.78 is 0. The van der Waals surface area contributed by atoms with E-state index in [-0.39, 0.29) is 11.5 Å². The molecule has 2 N–H and O–H groups in total. The van der Waals surface area contributed by atoms with Gasteiger partial charge in [-0.05, 0) is 47.8 Å². The van der Waals surface area contributed by atoms with Crippen molar-refractivity contribution < 1.29 is 0 Å². The van der Waals surface area contributed by atoms with Crippen molar-refractivity contribution in [1.82, 2.24) is 0 Å². The molecule has 0 bridgehead atoms. The van der Waals surface area contributed by atoms with Gasteiger partial charge in [-0.25, -0.2) is 0 Å². The second-order valence-corrected chi connectivity index (χ2v) is 6.75. The van der Waals surface area contributed by atoms with Crippen LogP contribution in [0.3, 0.4) is 0 Å². The highest BCUT2D eigenvalue weighted by Crippen LogP contribution is 2.29. The van der Waals surface area contributed by atoms with Crippen LogP contribution in [-0.2, 0) is 5.41 Å². The number of aryl methyl sites for hydroxylation is 2. The molecule has 2 heteroatoms. The van der Waals surface area contributed by atoms with Crippen LogP contribution in [0.25, 0.3) is 0 Å². The Kier molecular flexibility index (Phi) is 4.68. The molecule has 0 aromatic heterocycles. The summed E-state index contributed by atoms with van der Waals surface area (Å²) in [6, 6.07) is 4.74. The largest absolute Gasteiger partial charge is 0.323 e. The molecule has 0 amide bonds. The lowest BCUT2D eigenvalue weighted by Gasteiger charge is -2.24. The zero-order valence-corrected chi connectivity index (χ0v) is 12.7. The van der Waals surface area contributed by atoms with Gasteiger partial charge in [0.15, 0.2) is 0 Å². The third-order valence-corrected chi connectivity index (χ3v) is 3.87. The molecule has 96 valence electrons. The molecule has 0 aliphatic rings. The van der Waals surface area contributed by atoms with E-state index < -0.39 is 0 Å². The molecule has 1 aromatic carbocycles. The highest BCUT2D eigenvalue weighted by molar-refractivity contribution is 7.98. The molecule has 0 fully saturated rings. The minimum Gasteiger partial charge on any atom is -0.323 e. The molecule has 0 heterocycles. The summed E-state index contributed by atoms with van der Waals surface area (Å²) in [6.07, 6.45) is 2.11. The monoisotopic (exact) mass is 251 g/mol. The van der Waals surface area contributed by atoms with Crippen LogP contribution in [0.1, 0.15) is 49.1 Å². The highest BCUT2D eigenvalue weighted by atomic mass is 32.2. The van der Waals surface area contributed by atoms with Gasteiger partial charge in [-0.3, -0.25) is 0 Å². The number of nitrogens with two attached hydrogens (primary N) is 1. The lowest BCUT2D eigenvalue weighted by Crippen LogP contribution is -2.18. The van der Waals surface area contributed by atoms with Crippen LogP contribution in [0.15, 0.2) is 12.1 Å². The molecule has 0 saturated carbocycles. The number of benzene rings is 1. The SMILES string of the molecule is CSCC(N)c1c(C)cc(C(C)(C)C)cc1C. The van der Waals surface area contributed by atoms with E-state index in [2.05, 4.69) is 53.0 Å². The van der Waals surface area contributed by atoms with Crippen molar-refractivity contribution in [3.8, 4) is 0 Å². The topological polar surface area (TPSA) is 26.0 Å². The molecule has 1 rings (SSSR count). The molecule has 1 unspecified atom stereocenters. The number of rotatable bonds is 3. The molecule has 0 saturated heterocycles. The second kappa shape index (κ2) is 5.45. The molecule has 17 heavy (non-hydrogen) atoms. The fourth-order valence-electron chi connectivity index (χ4n) is 2.26. The lowest BCUT2D eigenvalue weighted by atomic mass is 9.83. The van der Waals surface area contributed by atoms with Gasteiger partial charge in [-0.2, -0.15) is 11.8 Å². The third-order valence-electron chi connectivity index (χ3n) is 3.18. The molecule has 0 radical (unpaired) electrons. The van der Waals surface area contributed by atoms with Gasteiger partial charge in [-0.15, -0.1) is 0 Å². The van der Waals surface area contributed by atoms with Gasteiger partial charge < -0.3 is 5.73 Å². The number of hydrogen-bond donors (Lipinski definition) is 1. The van der Waals surface area contributed by atoms with Gasteiger partial charge in [0.2, 0.25) is 0 Å². The maximum Gasteiger partial charge on any atom is 0.0391 e. The predicted octanol–water partition coefficient (Wildman–Crippen LogP) is 3.96. The van der Waals surface area contributed by atoms with Crippen molar-refractivity contribution in [2.24, 2.45) is 5.73 Å². The van der Waals surface area contributed by atoms with E-state index in [1.807, 2.05) is 0 Å². The van der Waals surface area contributed by atoms with Crippen molar-refractivity contribution in [1.29, 1.82) is 0 Å². The Balaban J connectivity index is 3.20. The van der Waals surface area contributed by atoms with Gasteiger partial charge in [0.05, 0.1) is 0 Å². The Labute approximate surface area is 110 Å². The minimum atomic E-state index is 0.152. The van der Waals surface area contributed by atoms with Crippen LogP contribution in [0.4, 0.5) is 0 Å². The number of hydrogen-bond acceptors (Lipinski definition) is 2. The van der Waals surface area contributed by atoms with Crippen LogP contribution in [0, 0.1) is 13.8 Å². The molecule has 1 aromatic rings. The van der Waals surface area contributed by atoms with Crippen LogP contribution in [-0.4, -0.2) is 12.0 Å². The third kappa shape index (κ3) is 3.49. The fraction of sp³-hybridized carbons (Fsp3) is 0.600. The van der Waals surface area contributed by atoms with E-state index in [0.29, 0.717) is 0 Å². The summed E-state index contributed by atoms with van der Waals surface area (Å²) in [5.41, 5.74) is 11.8. The van der Waals surface area contributed by atoms with Crippen molar-refractivity contribution in [3.63, 3.8) is 0 Å². The Bertz CT molecular complexity index is 367. The average molecular weight is 251 g/mol. The molecule has 0 aliphatic carbocycles. The lowest BCUT2D eigenvalue weighted by molar-refractivity contribution is 0.588. The van der Waals surface area contributed by atoms with Crippen molar-refractivity contribution in [3.05, 3.63) is 34.4 Å². The van der Waals surface area contributed by atoms with E-state index in [1.54, 1.807) is 11.8 Å². The van der Waals surface area contributed by atoms with Gasteiger partial charge >= 0.3 is 0 Å². The number of thioether (sulfide) groups is 1. The Morgan fingerprint density at radius 2 is 1.65 bits per heavy atom. The van der Waals surface area contributed by atoms with Crippen LogP contribution in [0.2, 0.25) is 0 Å². The van der Waals surface area contributed by atoms with Gasteiger partial charge in [0.25, 0.3) is 0 Å². The van der Waals surface area contributed by atoms with Crippen LogP contribution in [0.5, 0.6) is 0 Å². The molecular formula is C15H25NS. The standard InChI is InChI=1S/C15H25NS/c1-10-7-12(15(3,4)5)8-11(2)14(10)13(16)9-17-6/h7-8,13H,9,16H2,1-6H3. The van der Waals surface area contributed by atoms with E-state index >= 15 is 0 Å². The van der Waals surface area contributed by atoms with Gasteiger partial charge in [-0.1, -0.05) is 32.9 Å².